The molecule has 0 bridgehead atoms. The summed E-state index contributed by atoms with van der Waals surface area (Å²) in [4.78, 5) is 0. The molecule has 1 aromatic rings. The van der Waals surface area contributed by atoms with Gasteiger partial charge in [-0.25, -0.2) is 5.57 Å². The second-order valence-corrected chi connectivity index (χ2v) is 4.17. The van der Waals surface area contributed by atoms with E-state index in [0.29, 0.717) is 11.6 Å². The molecule has 4 heteroatoms. The molecule has 1 aliphatic carbocycles. The van der Waals surface area contributed by atoms with E-state index >= 15 is 0 Å². The van der Waals surface area contributed by atoms with E-state index in [1.807, 2.05) is 18.2 Å². The molecule has 0 amide bonds. The number of allylic oxidation sites excluding steroid dienone is 4. The van der Waals surface area contributed by atoms with E-state index in [2.05, 4.69) is 33.8 Å². The molecule has 1 aliphatic rings. The van der Waals surface area contributed by atoms with Gasteiger partial charge in [-0.1, -0.05) is 57.0 Å². The smallest absolute Gasteiger partial charge is 1.00 e. The maximum atomic E-state index is 7.00. The van der Waals surface area contributed by atoms with Gasteiger partial charge in [0.05, 0.1) is 0 Å². The predicted molar refractivity (Wildman–Crippen MR) is 70.4 cm³/mol. The molecule has 0 saturated carbocycles. The van der Waals surface area contributed by atoms with Gasteiger partial charge in [-0.2, -0.15) is 11.1 Å². The average molecular weight is 332 g/mol. The van der Waals surface area contributed by atoms with Crippen LogP contribution in [-0.2, 0) is 21.7 Å². The first-order valence-electron chi connectivity index (χ1n) is 5.57. The minimum Gasteiger partial charge on any atom is -1.00 e. The molecule has 0 spiro atoms. The summed E-state index contributed by atoms with van der Waals surface area (Å²) >= 11 is 0. The molecule has 0 fully saturated rings. The predicted octanol–water partition coefficient (Wildman–Crippen LogP) is -0.902. The van der Waals surface area contributed by atoms with Gasteiger partial charge in [-0.3, -0.25) is 6.08 Å². The van der Waals surface area contributed by atoms with Crippen LogP contribution in [-0.4, -0.2) is 0 Å². The van der Waals surface area contributed by atoms with E-state index in [1.54, 1.807) is 12.1 Å². The summed E-state index contributed by atoms with van der Waals surface area (Å²) in [5.74, 6) is 0.560. The van der Waals surface area contributed by atoms with Crippen molar-refractivity contribution < 1.29 is 46.5 Å². The quantitative estimate of drug-likeness (QED) is 0.434. The maximum absolute atomic E-state index is 7.00. The zero-order chi connectivity index (χ0) is 12.1. The molecule has 102 valence electrons. The SMILES string of the molecule is CC1=[C-]C(C)C(C)=C1C.[Cl-].[Cl-].[NH-]c1ccccc1.[Ti+4]. The van der Waals surface area contributed by atoms with E-state index < -0.39 is 0 Å². The Morgan fingerprint density at radius 3 is 1.63 bits per heavy atom. The van der Waals surface area contributed by atoms with Crippen molar-refractivity contribution in [2.45, 2.75) is 27.7 Å². The number of benzene rings is 1. The molecule has 1 nitrogen and oxygen atoms in total. The molecule has 0 radical (unpaired) electrons. The standard InChI is InChI=1S/C9H13.C6H6N.2ClH.Ti/c1-6-5-7(2)9(4)8(6)3;7-6-4-2-1-3-5-6;;;/h6H,1-4H3;1-5,7H;2*1H;/q2*-1;;;+4/p-2. The number of hydrogen-bond donors (Lipinski definition) is 0. The van der Waals surface area contributed by atoms with Gasteiger partial charge in [-0.15, -0.1) is 12.6 Å². The zero-order valence-electron chi connectivity index (χ0n) is 11.7. The summed E-state index contributed by atoms with van der Waals surface area (Å²) in [6, 6.07) is 9.10. The Bertz CT molecular complexity index is 413. The first-order valence-corrected chi connectivity index (χ1v) is 5.57. The summed E-state index contributed by atoms with van der Waals surface area (Å²) in [5, 5.41) is 0. The van der Waals surface area contributed by atoms with Crippen LogP contribution < -0.4 is 24.8 Å². The second kappa shape index (κ2) is 11.6. The molecule has 19 heavy (non-hydrogen) atoms. The Labute approximate surface area is 144 Å². The minimum absolute atomic E-state index is 0. The normalized spacial score (nSPS) is 16.0. The third-order valence-corrected chi connectivity index (χ3v) is 3.01. The van der Waals surface area contributed by atoms with Gasteiger partial charge in [0.25, 0.3) is 0 Å². The second-order valence-electron chi connectivity index (χ2n) is 4.17. The van der Waals surface area contributed by atoms with E-state index in [9.17, 15) is 0 Å². The van der Waals surface area contributed by atoms with Crippen LogP contribution in [0.5, 0.6) is 0 Å². The molecule has 0 saturated heterocycles. The fraction of sp³-hybridized carbons (Fsp3) is 0.333. The van der Waals surface area contributed by atoms with Gasteiger partial charge in [0, 0.05) is 0 Å². The van der Waals surface area contributed by atoms with E-state index in [1.165, 1.54) is 16.7 Å². The Balaban J connectivity index is -0.000000237. The van der Waals surface area contributed by atoms with E-state index in [4.69, 9.17) is 5.73 Å². The van der Waals surface area contributed by atoms with E-state index in [-0.39, 0.29) is 46.5 Å². The van der Waals surface area contributed by atoms with Crippen LogP contribution in [0.4, 0.5) is 5.69 Å². The van der Waals surface area contributed by atoms with Crippen molar-refractivity contribution in [1.82, 2.24) is 0 Å². The van der Waals surface area contributed by atoms with Crippen molar-refractivity contribution in [3.05, 3.63) is 58.9 Å². The molecule has 0 aliphatic heterocycles. The average Bonchev–Trinajstić information content (AvgIpc) is 2.48. The molecule has 1 aromatic carbocycles. The van der Waals surface area contributed by atoms with Crippen LogP contribution in [0.25, 0.3) is 5.73 Å². The first kappa shape index (κ1) is 23.9. The van der Waals surface area contributed by atoms with E-state index in [0.717, 1.165) is 0 Å². The third-order valence-electron chi connectivity index (χ3n) is 3.01. The Morgan fingerprint density at radius 2 is 1.47 bits per heavy atom. The Hall–Kier alpha value is -0.206. The van der Waals surface area contributed by atoms with Gasteiger partial charge in [0.2, 0.25) is 0 Å². The van der Waals surface area contributed by atoms with Crippen LogP contribution in [0.2, 0.25) is 0 Å². The van der Waals surface area contributed by atoms with Gasteiger partial charge >= 0.3 is 21.7 Å². The minimum atomic E-state index is 0. The van der Waals surface area contributed by atoms with Crippen LogP contribution >= 0.6 is 0 Å². The summed E-state index contributed by atoms with van der Waals surface area (Å²) in [6.07, 6.45) is 3.36. The monoisotopic (exact) mass is 331 g/mol. The topological polar surface area (TPSA) is 23.8 Å². The van der Waals surface area contributed by atoms with Gasteiger partial charge < -0.3 is 30.5 Å². The van der Waals surface area contributed by atoms with Crippen LogP contribution in [0.3, 0.4) is 0 Å². The molecule has 1 atom stereocenters. The molecule has 0 heterocycles. The third kappa shape index (κ3) is 7.84. The molecule has 0 aromatic heterocycles. The zero-order valence-corrected chi connectivity index (χ0v) is 14.8. The van der Waals surface area contributed by atoms with Gasteiger partial charge in [0.1, 0.15) is 0 Å². The summed E-state index contributed by atoms with van der Waals surface area (Å²) in [7, 11) is 0. The van der Waals surface area contributed by atoms with Crippen molar-refractivity contribution in [3.63, 3.8) is 0 Å². The van der Waals surface area contributed by atoms with Gasteiger partial charge in [0.15, 0.2) is 0 Å². The van der Waals surface area contributed by atoms with Crippen LogP contribution in [0, 0.1) is 12.0 Å². The molecule has 1 N–H and O–H groups in total. The Kier molecular flexibility index (Phi) is 14.6. The first-order chi connectivity index (χ1) is 7.52. The van der Waals surface area contributed by atoms with Crippen molar-refractivity contribution in [2.75, 3.05) is 0 Å². The maximum Gasteiger partial charge on any atom is 4.00 e. The van der Waals surface area contributed by atoms with Crippen molar-refractivity contribution in [2.24, 2.45) is 5.92 Å². The summed E-state index contributed by atoms with van der Waals surface area (Å²) < 4.78 is 0. The molecular formula is C15H19Cl2NTi. The Morgan fingerprint density at radius 1 is 1.00 bits per heavy atom. The molecule has 1 unspecified atom stereocenters. The van der Waals surface area contributed by atoms with Crippen LogP contribution in [0.15, 0.2) is 47.1 Å². The van der Waals surface area contributed by atoms with Crippen molar-refractivity contribution in [1.29, 1.82) is 0 Å². The van der Waals surface area contributed by atoms with Crippen molar-refractivity contribution in [3.8, 4) is 0 Å². The number of halogens is 2. The number of hydrogen-bond acceptors (Lipinski definition) is 0. The molecule has 2 rings (SSSR count). The summed E-state index contributed by atoms with van der Waals surface area (Å²) in [6.45, 7) is 8.67. The van der Waals surface area contributed by atoms with Crippen LogP contribution in [0.1, 0.15) is 27.7 Å². The fourth-order valence-corrected chi connectivity index (χ4v) is 1.60. The fourth-order valence-electron chi connectivity index (χ4n) is 1.60. The van der Waals surface area contributed by atoms with Crippen molar-refractivity contribution >= 4 is 5.69 Å². The van der Waals surface area contributed by atoms with Gasteiger partial charge in [-0.05, 0) is 0 Å². The molecular weight excluding hydrogens is 313 g/mol. The number of rotatable bonds is 0. The summed E-state index contributed by atoms with van der Waals surface area (Å²) in [5.41, 5.74) is 11.8. The number of nitrogens with one attached hydrogen (secondary N) is 1. The largest absolute Gasteiger partial charge is 4.00 e.